The maximum absolute atomic E-state index is 13.5. The van der Waals surface area contributed by atoms with Crippen LogP contribution in [0.3, 0.4) is 0 Å². The number of amides is 2. The van der Waals surface area contributed by atoms with E-state index in [0.717, 1.165) is 12.1 Å². The molecule has 0 bridgehead atoms. The molecular formula is C21H24BF3N2O4. The Bertz CT molecular complexity index is 963. The fourth-order valence-corrected chi connectivity index (χ4v) is 3.04. The molecule has 31 heavy (non-hydrogen) atoms. The number of hydrogen-bond acceptors (Lipinski definition) is 4. The first kappa shape index (κ1) is 23.0. The molecule has 1 fully saturated rings. The molecule has 166 valence electrons. The van der Waals surface area contributed by atoms with Crippen molar-refractivity contribution < 1.29 is 32.0 Å². The molecule has 6 nitrogen and oxygen atoms in total. The summed E-state index contributed by atoms with van der Waals surface area (Å²) in [5.41, 5.74) is -1.89. The molecule has 0 radical (unpaired) electrons. The van der Waals surface area contributed by atoms with Crippen molar-refractivity contribution in [2.24, 2.45) is 0 Å². The summed E-state index contributed by atoms with van der Waals surface area (Å²) in [7, 11) is 0.437. The summed E-state index contributed by atoms with van der Waals surface area (Å²) in [6.45, 7) is 7.22. The number of halogens is 3. The first-order valence-corrected chi connectivity index (χ1v) is 9.61. The number of urea groups is 1. The van der Waals surface area contributed by atoms with Crippen LogP contribution in [0.2, 0.25) is 0 Å². The van der Waals surface area contributed by atoms with Gasteiger partial charge in [-0.05, 0) is 57.4 Å². The summed E-state index contributed by atoms with van der Waals surface area (Å²) in [4.78, 5) is 12.4. The molecule has 1 aliphatic rings. The molecule has 0 atom stereocenters. The Morgan fingerprint density at radius 2 is 1.61 bits per heavy atom. The summed E-state index contributed by atoms with van der Waals surface area (Å²) >= 11 is 0. The van der Waals surface area contributed by atoms with Crippen molar-refractivity contribution in [1.82, 2.24) is 0 Å². The Morgan fingerprint density at radius 3 is 2.19 bits per heavy atom. The van der Waals surface area contributed by atoms with Crippen LogP contribution < -0.4 is 20.8 Å². The van der Waals surface area contributed by atoms with Crippen molar-refractivity contribution in [3.8, 4) is 5.75 Å². The highest BCUT2D eigenvalue weighted by Gasteiger charge is 2.52. The van der Waals surface area contributed by atoms with Gasteiger partial charge in [0.2, 0.25) is 0 Å². The van der Waals surface area contributed by atoms with Crippen LogP contribution in [0.1, 0.15) is 33.3 Å². The van der Waals surface area contributed by atoms with Crippen LogP contribution in [0, 0.1) is 0 Å². The molecule has 1 heterocycles. The maximum atomic E-state index is 13.5. The number of nitrogens with one attached hydrogen (secondary N) is 2. The molecule has 2 amide bonds. The van der Waals surface area contributed by atoms with Crippen molar-refractivity contribution in [2.75, 3.05) is 17.7 Å². The third-order valence-electron chi connectivity index (χ3n) is 5.42. The predicted octanol–water partition coefficient (Wildman–Crippen LogP) is 4.66. The minimum Gasteiger partial charge on any atom is -0.495 e. The van der Waals surface area contributed by atoms with E-state index in [-0.39, 0.29) is 11.2 Å². The minimum absolute atomic E-state index is 0.0491. The van der Waals surface area contributed by atoms with Crippen LogP contribution >= 0.6 is 0 Å². The van der Waals surface area contributed by atoms with E-state index in [1.165, 1.54) is 13.2 Å². The van der Waals surface area contributed by atoms with E-state index in [2.05, 4.69) is 10.6 Å². The smallest absolute Gasteiger partial charge is 0.494 e. The summed E-state index contributed by atoms with van der Waals surface area (Å²) < 4.78 is 57.4. The number of para-hydroxylation sites is 2. The van der Waals surface area contributed by atoms with Crippen LogP contribution in [0.4, 0.5) is 29.3 Å². The molecule has 2 aromatic carbocycles. The SMILES string of the molecule is COc1ccccc1NC(=O)Nc1cc(B2OC(C)(C)C(C)(C)O2)cc(C(F)(F)F)c1. The third kappa shape index (κ3) is 4.96. The second kappa shape index (κ2) is 8.09. The first-order chi connectivity index (χ1) is 14.3. The lowest BCUT2D eigenvalue weighted by Crippen LogP contribution is -2.41. The summed E-state index contributed by atoms with van der Waals surface area (Å²) in [5.74, 6) is 0.416. The van der Waals surface area contributed by atoms with E-state index in [0.29, 0.717) is 11.4 Å². The Labute approximate surface area is 179 Å². The number of carbonyl (C=O) groups excluding carboxylic acids is 1. The Balaban J connectivity index is 1.88. The van der Waals surface area contributed by atoms with Gasteiger partial charge in [-0.25, -0.2) is 4.79 Å². The minimum atomic E-state index is -4.62. The van der Waals surface area contributed by atoms with Gasteiger partial charge in [-0.2, -0.15) is 13.2 Å². The molecule has 1 aliphatic heterocycles. The maximum Gasteiger partial charge on any atom is 0.494 e. The highest BCUT2D eigenvalue weighted by molar-refractivity contribution is 6.62. The van der Waals surface area contributed by atoms with Gasteiger partial charge in [0.15, 0.2) is 0 Å². The molecule has 0 spiro atoms. The van der Waals surface area contributed by atoms with E-state index in [1.54, 1.807) is 52.0 Å². The summed E-state index contributed by atoms with van der Waals surface area (Å²) in [6, 6.07) is 9.19. The molecule has 3 rings (SSSR count). The summed E-state index contributed by atoms with van der Waals surface area (Å²) in [6.07, 6.45) is -4.62. The second-order valence-electron chi connectivity index (χ2n) is 8.21. The number of carbonyl (C=O) groups is 1. The summed E-state index contributed by atoms with van der Waals surface area (Å²) in [5, 5.41) is 5.01. The van der Waals surface area contributed by atoms with Crippen molar-refractivity contribution in [3.05, 3.63) is 48.0 Å². The molecule has 0 aliphatic carbocycles. The Morgan fingerprint density at radius 1 is 1.00 bits per heavy atom. The van der Waals surface area contributed by atoms with Gasteiger partial charge in [-0.1, -0.05) is 18.2 Å². The van der Waals surface area contributed by atoms with Gasteiger partial charge in [-0.3, -0.25) is 0 Å². The number of benzene rings is 2. The number of anilines is 2. The van der Waals surface area contributed by atoms with Gasteiger partial charge in [0.1, 0.15) is 5.75 Å². The van der Waals surface area contributed by atoms with Gasteiger partial charge >= 0.3 is 19.3 Å². The molecule has 0 aromatic heterocycles. The zero-order valence-electron chi connectivity index (χ0n) is 17.9. The van der Waals surface area contributed by atoms with Crippen LogP contribution in [0.25, 0.3) is 0 Å². The van der Waals surface area contributed by atoms with E-state index in [9.17, 15) is 18.0 Å². The fourth-order valence-electron chi connectivity index (χ4n) is 3.04. The van der Waals surface area contributed by atoms with Crippen molar-refractivity contribution >= 4 is 30.0 Å². The number of ether oxygens (including phenoxy) is 1. The van der Waals surface area contributed by atoms with E-state index < -0.39 is 36.1 Å². The number of methoxy groups -OCH3 is 1. The second-order valence-corrected chi connectivity index (χ2v) is 8.21. The van der Waals surface area contributed by atoms with Crippen LogP contribution in [-0.4, -0.2) is 31.5 Å². The lowest BCUT2D eigenvalue weighted by atomic mass is 9.78. The topological polar surface area (TPSA) is 68.8 Å². The van der Waals surface area contributed by atoms with Crippen LogP contribution in [-0.2, 0) is 15.5 Å². The van der Waals surface area contributed by atoms with Gasteiger partial charge in [-0.15, -0.1) is 0 Å². The normalized spacial score (nSPS) is 17.4. The third-order valence-corrected chi connectivity index (χ3v) is 5.42. The molecule has 0 saturated carbocycles. The van der Waals surface area contributed by atoms with Crippen molar-refractivity contribution in [3.63, 3.8) is 0 Å². The number of alkyl halides is 3. The van der Waals surface area contributed by atoms with Gasteiger partial charge in [0.05, 0.1) is 29.6 Å². The lowest BCUT2D eigenvalue weighted by Gasteiger charge is -2.32. The molecule has 0 unspecified atom stereocenters. The average molecular weight is 436 g/mol. The Hall–Kier alpha value is -2.72. The van der Waals surface area contributed by atoms with E-state index >= 15 is 0 Å². The van der Waals surface area contributed by atoms with Crippen LogP contribution in [0.5, 0.6) is 5.75 Å². The zero-order chi connectivity index (χ0) is 23.0. The fraction of sp³-hybridized carbons (Fsp3) is 0.381. The molecule has 1 saturated heterocycles. The van der Waals surface area contributed by atoms with Crippen molar-refractivity contribution in [1.29, 1.82) is 0 Å². The van der Waals surface area contributed by atoms with E-state index in [1.807, 2.05) is 0 Å². The number of hydrogen-bond donors (Lipinski definition) is 2. The van der Waals surface area contributed by atoms with Crippen LogP contribution in [0.15, 0.2) is 42.5 Å². The zero-order valence-corrected chi connectivity index (χ0v) is 17.9. The lowest BCUT2D eigenvalue weighted by molar-refractivity contribution is -0.137. The largest absolute Gasteiger partial charge is 0.495 e. The van der Waals surface area contributed by atoms with Gasteiger partial charge in [0.25, 0.3) is 0 Å². The van der Waals surface area contributed by atoms with E-state index in [4.69, 9.17) is 14.0 Å². The monoisotopic (exact) mass is 436 g/mol. The molecule has 10 heteroatoms. The van der Waals surface area contributed by atoms with Gasteiger partial charge < -0.3 is 24.7 Å². The average Bonchev–Trinajstić information content (AvgIpc) is 2.88. The standard InChI is InChI=1S/C21H24BF3N2O4/c1-19(2)20(3,4)31-22(30-19)14-10-13(21(23,24)25)11-15(12-14)26-18(28)27-16-8-6-7-9-17(16)29-5/h6-12H,1-5H3,(H2,26,27,28). The molecule has 2 N–H and O–H groups in total. The highest BCUT2D eigenvalue weighted by atomic mass is 19.4. The Kier molecular flexibility index (Phi) is 5.99. The molecular weight excluding hydrogens is 412 g/mol. The predicted molar refractivity (Wildman–Crippen MR) is 113 cm³/mol. The quantitative estimate of drug-likeness (QED) is 0.685. The van der Waals surface area contributed by atoms with Crippen molar-refractivity contribution in [2.45, 2.75) is 45.1 Å². The highest BCUT2D eigenvalue weighted by Crippen LogP contribution is 2.37. The molecule has 2 aromatic rings. The first-order valence-electron chi connectivity index (χ1n) is 9.61. The number of rotatable bonds is 4. The van der Waals surface area contributed by atoms with Gasteiger partial charge in [0, 0.05) is 5.69 Å².